The molecule has 2 atom stereocenters. The predicted molar refractivity (Wildman–Crippen MR) is 61.0 cm³/mol. The number of carbonyl (C=O) groups excluding carboxylic acids is 2. The van der Waals surface area contributed by atoms with E-state index in [1.165, 1.54) is 14.2 Å². The number of fused-ring (bicyclic) bond motifs is 1. The molecule has 0 radical (unpaired) electrons. The lowest BCUT2D eigenvalue weighted by Gasteiger charge is -2.38. The Morgan fingerprint density at radius 1 is 1.18 bits per heavy atom. The zero-order valence-corrected chi connectivity index (χ0v) is 10.9. The highest BCUT2D eigenvalue weighted by molar-refractivity contribution is 6.07. The lowest BCUT2D eigenvalue weighted by molar-refractivity contribution is -0.171. The molecule has 0 aromatic carbocycles. The van der Waals surface area contributed by atoms with E-state index < -0.39 is 17.4 Å². The van der Waals surface area contributed by atoms with Crippen LogP contribution in [0.25, 0.3) is 0 Å². The highest BCUT2D eigenvalue weighted by Crippen LogP contribution is 2.81. The van der Waals surface area contributed by atoms with E-state index in [4.69, 9.17) is 9.47 Å². The molecule has 0 saturated heterocycles. The van der Waals surface area contributed by atoms with Crippen molar-refractivity contribution in [3.8, 4) is 0 Å². The van der Waals surface area contributed by atoms with Crippen LogP contribution in [-0.4, -0.2) is 26.2 Å². The van der Waals surface area contributed by atoms with Crippen molar-refractivity contribution in [2.24, 2.45) is 22.7 Å². The molecule has 2 aliphatic carbocycles. The highest BCUT2D eigenvalue weighted by atomic mass is 16.5. The first kappa shape index (κ1) is 12.1. The molecule has 0 aromatic heterocycles. The summed E-state index contributed by atoms with van der Waals surface area (Å²) < 4.78 is 9.64. The summed E-state index contributed by atoms with van der Waals surface area (Å²) in [5.74, 6) is -0.666. The Labute approximate surface area is 101 Å². The minimum absolute atomic E-state index is 0.0149. The van der Waals surface area contributed by atoms with Gasteiger partial charge in [0, 0.05) is 5.92 Å². The first-order valence-corrected chi connectivity index (χ1v) is 5.74. The molecule has 17 heavy (non-hydrogen) atoms. The first-order chi connectivity index (χ1) is 7.90. The Bertz CT molecular complexity index is 403. The summed E-state index contributed by atoms with van der Waals surface area (Å²) in [6, 6.07) is 0. The third kappa shape index (κ3) is 1.08. The Kier molecular flexibility index (Phi) is 2.39. The first-order valence-electron chi connectivity index (χ1n) is 5.74. The topological polar surface area (TPSA) is 52.6 Å². The highest BCUT2D eigenvalue weighted by Gasteiger charge is 2.85. The minimum Gasteiger partial charge on any atom is -0.468 e. The van der Waals surface area contributed by atoms with Crippen molar-refractivity contribution >= 4 is 11.9 Å². The molecule has 2 fully saturated rings. The van der Waals surface area contributed by atoms with Gasteiger partial charge < -0.3 is 9.47 Å². The van der Waals surface area contributed by atoms with E-state index in [2.05, 4.69) is 13.8 Å². The SMILES string of the molecule is C/C=C1/C2C(C1(C(=O)OC)C(=O)OC)C2(C)C. The average Bonchev–Trinajstić information content (AvgIpc) is 2.76. The number of rotatable bonds is 2. The minimum atomic E-state index is -1.19. The molecule has 2 rings (SSSR count). The number of hydrogen-bond donors (Lipinski definition) is 0. The molecule has 0 spiro atoms. The van der Waals surface area contributed by atoms with Gasteiger partial charge in [-0.25, -0.2) is 0 Å². The molecule has 4 heteroatoms. The summed E-state index contributed by atoms with van der Waals surface area (Å²) in [4.78, 5) is 24.1. The Hall–Kier alpha value is -1.32. The van der Waals surface area contributed by atoms with E-state index in [9.17, 15) is 9.59 Å². The van der Waals surface area contributed by atoms with Crippen LogP contribution in [-0.2, 0) is 19.1 Å². The van der Waals surface area contributed by atoms with Crippen LogP contribution in [0.5, 0.6) is 0 Å². The predicted octanol–water partition coefficient (Wildman–Crippen LogP) is 1.55. The van der Waals surface area contributed by atoms with Gasteiger partial charge in [-0.3, -0.25) is 9.59 Å². The van der Waals surface area contributed by atoms with Crippen LogP contribution in [0, 0.1) is 22.7 Å². The molecule has 94 valence electrons. The van der Waals surface area contributed by atoms with Crippen molar-refractivity contribution < 1.29 is 19.1 Å². The van der Waals surface area contributed by atoms with Crippen LogP contribution in [0.3, 0.4) is 0 Å². The molecule has 2 unspecified atom stereocenters. The van der Waals surface area contributed by atoms with Crippen molar-refractivity contribution in [1.82, 2.24) is 0 Å². The van der Waals surface area contributed by atoms with Crippen molar-refractivity contribution in [1.29, 1.82) is 0 Å². The van der Waals surface area contributed by atoms with Gasteiger partial charge in [0.1, 0.15) is 0 Å². The maximum atomic E-state index is 12.0. The van der Waals surface area contributed by atoms with Gasteiger partial charge in [-0.05, 0) is 23.8 Å². The molecule has 0 aromatic rings. The summed E-state index contributed by atoms with van der Waals surface area (Å²) in [6.45, 7) is 5.99. The monoisotopic (exact) mass is 238 g/mol. The standard InChI is InChI=1S/C13H18O4/c1-6-7-8-9(12(8,2)3)13(7,10(14)16-4)11(15)17-5/h6,8-9H,1-5H3/b7-6-. The molecule has 0 aliphatic heterocycles. The van der Waals surface area contributed by atoms with Crippen molar-refractivity contribution in [2.45, 2.75) is 20.8 Å². The van der Waals surface area contributed by atoms with Crippen LogP contribution in [0.15, 0.2) is 11.6 Å². The van der Waals surface area contributed by atoms with Gasteiger partial charge in [-0.2, -0.15) is 0 Å². The van der Waals surface area contributed by atoms with Gasteiger partial charge in [0.25, 0.3) is 0 Å². The molecular formula is C13H18O4. The lowest BCUT2D eigenvalue weighted by Crippen LogP contribution is -2.51. The van der Waals surface area contributed by atoms with Crippen LogP contribution in [0.1, 0.15) is 20.8 Å². The fraction of sp³-hybridized carbons (Fsp3) is 0.692. The fourth-order valence-electron chi connectivity index (χ4n) is 3.66. The number of methoxy groups -OCH3 is 2. The second-order valence-electron chi connectivity index (χ2n) is 5.31. The molecule has 0 amide bonds. The smallest absolute Gasteiger partial charge is 0.327 e. The van der Waals surface area contributed by atoms with E-state index in [0.717, 1.165) is 5.57 Å². The largest absolute Gasteiger partial charge is 0.468 e. The normalized spacial score (nSPS) is 33.4. The van der Waals surface area contributed by atoms with Crippen molar-refractivity contribution in [3.05, 3.63) is 11.6 Å². The Morgan fingerprint density at radius 2 is 1.65 bits per heavy atom. The van der Waals surface area contributed by atoms with Gasteiger partial charge >= 0.3 is 11.9 Å². The Balaban J connectivity index is 2.50. The van der Waals surface area contributed by atoms with Gasteiger partial charge in [-0.1, -0.05) is 19.9 Å². The fourth-order valence-corrected chi connectivity index (χ4v) is 3.66. The number of esters is 2. The molecule has 4 nitrogen and oxygen atoms in total. The Morgan fingerprint density at radius 3 is 2.00 bits per heavy atom. The van der Waals surface area contributed by atoms with Crippen LogP contribution in [0.2, 0.25) is 0 Å². The average molecular weight is 238 g/mol. The lowest BCUT2D eigenvalue weighted by atomic mass is 9.64. The summed E-state index contributed by atoms with van der Waals surface area (Å²) in [5, 5.41) is 0. The zero-order valence-electron chi connectivity index (χ0n) is 10.9. The van der Waals surface area contributed by atoms with E-state index in [0.29, 0.717) is 5.92 Å². The maximum absolute atomic E-state index is 12.0. The van der Waals surface area contributed by atoms with Crippen LogP contribution >= 0.6 is 0 Å². The molecule has 0 bridgehead atoms. The maximum Gasteiger partial charge on any atom is 0.327 e. The van der Waals surface area contributed by atoms with Crippen LogP contribution < -0.4 is 0 Å². The summed E-state index contributed by atoms with van der Waals surface area (Å²) >= 11 is 0. The number of carbonyl (C=O) groups is 2. The van der Waals surface area contributed by atoms with Gasteiger partial charge in [0.15, 0.2) is 5.41 Å². The van der Waals surface area contributed by atoms with Crippen molar-refractivity contribution in [2.75, 3.05) is 14.2 Å². The second kappa shape index (κ2) is 3.34. The summed E-state index contributed by atoms with van der Waals surface area (Å²) in [7, 11) is 2.62. The number of allylic oxidation sites excluding steroid dienone is 1. The molecule has 0 heterocycles. The molecule has 0 N–H and O–H groups in total. The quantitative estimate of drug-likeness (QED) is 0.416. The van der Waals surface area contributed by atoms with E-state index in [1.54, 1.807) is 0 Å². The van der Waals surface area contributed by atoms with Crippen molar-refractivity contribution in [3.63, 3.8) is 0 Å². The third-order valence-electron chi connectivity index (χ3n) is 4.41. The third-order valence-corrected chi connectivity index (χ3v) is 4.41. The van der Waals surface area contributed by atoms with E-state index >= 15 is 0 Å². The van der Waals surface area contributed by atoms with Gasteiger partial charge in [0.05, 0.1) is 14.2 Å². The van der Waals surface area contributed by atoms with E-state index in [1.807, 2.05) is 13.0 Å². The van der Waals surface area contributed by atoms with Gasteiger partial charge in [0.2, 0.25) is 0 Å². The molecule has 2 aliphatic rings. The number of hydrogen-bond acceptors (Lipinski definition) is 4. The molecule has 2 saturated carbocycles. The molecular weight excluding hydrogens is 220 g/mol. The van der Waals surface area contributed by atoms with Crippen LogP contribution in [0.4, 0.5) is 0 Å². The number of ether oxygens (including phenoxy) is 2. The van der Waals surface area contributed by atoms with E-state index in [-0.39, 0.29) is 11.3 Å². The second-order valence-corrected chi connectivity index (χ2v) is 5.31. The zero-order chi connectivity index (χ0) is 13.0. The summed E-state index contributed by atoms with van der Waals surface area (Å²) in [6.07, 6.45) is 1.85. The summed E-state index contributed by atoms with van der Waals surface area (Å²) in [5.41, 5.74) is -0.359. The van der Waals surface area contributed by atoms with Gasteiger partial charge in [-0.15, -0.1) is 0 Å².